The van der Waals surface area contributed by atoms with Gasteiger partial charge < -0.3 is 20.1 Å². The van der Waals surface area contributed by atoms with Crippen LogP contribution in [0.3, 0.4) is 0 Å². The maximum Gasteiger partial charge on any atom is 0.329 e. The molecule has 178 valence electrons. The molecule has 2 amide bonds. The molecule has 2 rings (SSSR count). The number of sulfone groups is 1. The van der Waals surface area contributed by atoms with Crippen LogP contribution in [0.1, 0.15) is 31.1 Å². The molecule has 0 aliphatic rings. The summed E-state index contributed by atoms with van der Waals surface area (Å²) in [4.78, 5) is 37.3. The van der Waals surface area contributed by atoms with Gasteiger partial charge in [0.05, 0.1) is 11.5 Å². The molecular weight excluding hydrogens is 448 g/mol. The van der Waals surface area contributed by atoms with Gasteiger partial charge in [-0.2, -0.15) is 0 Å². The van der Waals surface area contributed by atoms with Crippen LogP contribution in [-0.2, 0) is 24.2 Å². The number of ether oxygens (including phenoxy) is 2. The number of hydrogen-bond acceptors (Lipinski definition) is 7. The SMILES string of the molecule is CCOc1ccc(C(=O)N[C@H](C(=O)OCC(=O)Nc2ccc(S(C)(=O)=O)cc2)C(C)C)cc1. The Kier molecular flexibility index (Phi) is 8.98. The van der Waals surface area contributed by atoms with Gasteiger partial charge in [-0.3, -0.25) is 9.59 Å². The third-order valence-corrected chi connectivity index (χ3v) is 5.67. The van der Waals surface area contributed by atoms with E-state index in [2.05, 4.69) is 10.6 Å². The first-order chi connectivity index (χ1) is 15.5. The second-order valence-electron chi connectivity index (χ2n) is 7.60. The molecule has 0 radical (unpaired) electrons. The molecule has 0 heterocycles. The minimum atomic E-state index is -3.35. The van der Waals surface area contributed by atoms with Crippen molar-refractivity contribution in [2.45, 2.75) is 31.7 Å². The lowest BCUT2D eigenvalue weighted by Gasteiger charge is -2.21. The fraction of sp³-hybridized carbons (Fsp3) is 0.348. The fourth-order valence-corrected chi connectivity index (χ4v) is 3.43. The van der Waals surface area contributed by atoms with Crippen LogP contribution in [0.2, 0.25) is 0 Å². The molecule has 0 aromatic heterocycles. The van der Waals surface area contributed by atoms with Crippen molar-refractivity contribution in [3.05, 3.63) is 54.1 Å². The third kappa shape index (κ3) is 7.90. The highest BCUT2D eigenvalue weighted by Crippen LogP contribution is 2.15. The number of hydrogen-bond donors (Lipinski definition) is 2. The molecule has 9 nitrogen and oxygen atoms in total. The maximum atomic E-state index is 12.5. The molecule has 0 saturated carbocycles. The van der Waals surface area contributed by atoms with Gasteiger partial charge >= 0.3 is 5.97 Å². The van der Waals surface area contributed by atoms with Crippen molar-refractivity contribution in [3.8, 4) is 5.75 Å². The highest BCUT2D eigenvalue weighted by Gasteiger charge is 2.27. The minimum absolute atomic E-state index is 0.120. The van der Waals surface area contributed by atoms with E-state index < -0.39 is 40.3 Å². The minimum Gasteiger partial charge on any atom is -0.494 e. The van der Waals surface area contributed by atoms with Crippen LogP contribution in [-0.4, -0.2) is 51.7 Å². The molecule has 0 aliphatic heterocycles. The number of anilines is 1. The molecule has 0 unspecified atom stereocenters. The highest BCUT2D eigenvalue weighted by molar-refractivity contribution is 7.90. The third-order valence-electron chi connectivity index (χ3n) is 4.55. The van der Waals surface area contributed by atoms with E-state index in [9.17, 15) is 22.8 Å². The van der Waals surface area contributed by atoms with Crippen LogP contribution in [0.15, 0.2) is 53.4 Å². The van der Waals surface area contributed by atoms with E-state index >= 15 is 0 Å². The van der Waals surface area contributed by atoms with E-state index in [-0.39, 0.29) is 10.8 Å². The molecule has 0 spiro atoms. The smallest absolute Gasteiger partial charge is 0.329 e. The maximum absolute atomic E-state index is 12.5. The van der Waals surface area contributed by atoms with E-state index in [0.29, 0.717) is 23.6 Å². The van der Waals surface area contributed by atoms with Crippen molar-refractivity contribution in [2.75, 3.05) is 24.8 Å². The van der Waals surface area contributed by atoms with Crippen molar-refractivity contribution in [3.63, 3.8) is 0 Å². The zero-order valence-electron chi connectivity index (χ0n) is 19.0. The van der Waals surface area contributed by atoms with E-state index in [1.807, 2.05) is 6.92 Å². The summed E-state index contributed by atoms with van der Waals surface area (Å²) in [6, 6.07) is 11.1. The van der Waals surface area contributed by atoms with Gasteiger partial charge in [-0.1, -0.05) is 13.8 Å². The molecule has 33 heavy (non-hydrogen) atoms. The second kappa shape index (κ2) is 11.5. The Morgan fingerprint density at radius 3 is 2.09 bits per heavy atom. The molecule has 0 fully saturated rings. The predicted octanol–water partition coefficient (Wildman–Crippen LogP) is 2.43. The number of esters is 1. The van der Waals surface area contributed by atoms with Gasteiger partial charge in [0.2, 0.25) is 0 Å². The number of nitrogens with one attached hydrogen (secondary N) is 2. The Bertz CT molecular complexity index is 1080. The van der Waals surface area contributed by atoms with Gasteiger partial charge in [-0.15, -0.1) is 0 Å². The van der Waals surface area contributed by atoms with Gasteiger partial charge in [-0.05, 0) is 61.4 Å². The van der Waals surface area contributed by atoms with Crippen LogP contribution < -0.4 is 15.4 Å². The van der Waals surface area contributed by atoms with E-state index in [1.54, 1.807) is 38.1 Å². The lowest BCUT2D eigenvalue weighted by molar-refractivity contribution is -0.150. The van der Waals surface area contributed by atoms with Crippen LogP contribution in [0.25, 0.3) is 0 Å². The van der Waals surface area contributed by atoms with E-state index in [4.69, 9.17) is 9.47 Å². The molecule has 0 bridgehead atoms. The topological polar surface area (TPSA) is 128 Å². The van der Waals surface area contributed by atoms with Crippen LogP contribution in [0.4, 0.5) is 5.69 Å². The zero-order chi connectivity index (χ0) is 24.6. The summed E-state index contributed by atoms with van der Waals surface area (Å²) in [5.74, 6) is -1.45. The Morgan fingerprint density at radius 2 is 1.58 bits per heavy atom. The number of benzene rings is 2. The summed E-state index contributed by atoms with van der Waals surface area (Å²) in [6.07, 6.45) is 1.08. The molecule has 0 aliphatic carbocycles. The predicted molar refractivity (Wildman–Crippen MR) is 123 cm³/mol. The lowest BCUT2D eigenvalue weighted by atomic mass is 10.0. The van der Waals surface area contributed by atoms with Gasteiger partial charge in [0.25, 0.3) is 11.8 Å². The normalized spacial score (nSPS) is 12.0. The molecule has 1 atom stereocenters. The molecule has 2 aromatic rings. The van der Waals surface area contributed by atoms with Crippen molar-refractivity contribution in [1.29, 1.82) is 0 Å². The van der Waals surface area contributed by atoms with Crippen molar-refractivity contribution in [2.24, 2.45) is 5.92 Å². The van der Waals surface area contributed by atoms with E-state index in [1.165, 1.54) is 24.3 Å². The summed E-state index contributed by atoms with van der Waals surface area (Å²) < 4.78 is 33.4. The van der Waals surface area contributed by atoms with Crippen LogP contribution in [0, 0.1) is 5.92 Å². The van der Waals surface area contributed by atoms with E-state index in [0.717, 1.165) is 6.26 Å². The monoisotopic (exact) mass is 476 g/mol. The van der Waals surface area contributed by atoms with Crippen LogP contribution >= 0.6 is 0 Å². The quantitative estimate of drug-likeness (QED) is 0.504. The number of amides is 2. The zero-order valence-corrected chi connectivity index (χ0v) is 19.8. The Morgan fingerprint density at radius 1 is 0.970 bits per heavy atom. The summed E-state index contributed by atoms with van der Waals surface area (Å²) >= 11 is 0. The summed E-state index contributed by atoms with van der Waals surface area (Å²) in [6.45, 7) is 5.29. The first-order valence-corrected chi connectivity index (χ1v) is 12.2. The average Bonchev–Trinajstić information content (AvgIpc) is 2.76. The number of carbonyl (C=O) groups is 3. The van der Waals surface area contributed by atoms with Gasteiger partial charge in [0.15, 0.2) is 16.4 Å². The molecule has 0 saturated heterocycles. The second-order valence-corrected chi connectivity index (χ2v) is 9.62. The molecule has 2 aromatic carbocycles. The van der Waals surface area contributed by atoms with Gasteiger partial charge in [0.1, 0.15) is 11.8 Å². The first kappa shape index (κ1) is 25.9. The van der Waals surface area contributed by atoms with Crippen molar-refractivity contribution >= 4 is 33.3 Å². The van der Waals surface area contributed by atoms with Gasteiger partial charge in [0, 0.05) is 17.5 Å². The summed E-state index contributed by atoms with van der Waals surface area (Å²) in [5, 5.41) is 5.15. The fourth-order valence-electron chi connectivity index (χ4n) is 2.80. The molecule has 10 heteroatoms. The van der Waals surface area contributed by atoms with Crippen LogP contribution in [0.5, 0.6) is 5.75 Å². The highest BCUT2D eigenvalue weighted by atomic mass is 32.2. The Balaban J connectivity index is 1.92. The molecule has 2 N–H and O–H groups in total. The lowest BCUT2D eigenvalue weighted by Crippen LogP contribution is -2.45. The molecular formula is C23H28N2O7S. The summed E-state index contributed by atoms with van der Waals surface area (Å²) in [7, 11) is -3.35. The summed E-state index contributed by atoms with van der Waals surface area (Å²) in [5.41, 5.74) is 0.708. The van der Waals surface area contributed by atoms with Gasteiger partial charge in [-0.25, -0.2) is 13.2 Å². The standard InChI is InChI=1S/C23H28N2O7S/c1-5-31-18-10-6-16(7-11-18)22(27)25-21(15(2)3)23(28)32-14-20(26)24-17-8-12-19(13-9-17)33(4,29)30/h6-13,15,21H,5,14H2,1-4H3,(H,24,26)(H,25,27)/t21-/m0/s1. The Hall–Kier alpha value is -3.40. The Labute approximate surface area is 193 Å². The first-order valence-electron chi connectivity index (χ1n) is 10.3. The number of carbonyl (C=O) groups excluding carboxylic acids is 3. The average molecular weight is 477 g/mol. The largest absolute Gasteiger partial charge is 0.494 e. The van der Waals surface area contributed by atoms with Crippen molar-refractivity contribution < 1.29 is 32.3 Å². The van der Waals surface area contributed by atoms with Crippen molar-refractivity contribution in [1.82, 2.24) is 5.32 Å². The number of rotatable bonds is 10.